The highest BCUT2D eigenvalue weighted by Gasteiger charge is 2.31. The first kappa shape index (κ1) is 18.2. The number of nitrogens with two attached hydrogens (primary N) is 1. The molecule has 1 aromatic rings. The molecule has 3 rings (SSSR count). The summed E-state index contributed by atoms with van der Waals surface area (Å²) in [5.74, 6) is 0.159. The Morgan fingerprint density at radius 3 is 2.56 bits per heavy atom. The number of rotatable bonds is 4. The Morgan fingerprint density at radius 2 is 1.92 bits per heavy atom. The maximum Gasteiger partial charge on any atom is 0.257 e. The van der Waals surface area contributed by atoms with Crippen molar-refractivity contribution in [1.82, 2.24) is 9.80 Å². The Balaban J connectivity index is 1.84. The monoisotopic (exact) mass is 367 g/mol. The molecule has 2 saturated heterocycles. The van der Waals surface area contributed by atoms with Crippen LogP contribution in [-0.4, -0.2) is 63.5 Å². The van der Waals surface area contributed by atoms with Gasteiger partial charge in [0.25, 0.3) is 5.91 Å². The van der Waals surface area contributed by atoms with Crippen LogP contribution in [0.2, 0.25) is 0 Å². The quantitative estimate of drug-likeness (QED) is 0.858. The van der Waals surface area contributed by atoms with E-state index < -0.39 is 10.0 Å². The van der Waals surface area contributed by atoms with E-state index >= 15 is 0 Å². The van der Waals surface area contributed by atoms with Crippen LogP contribution in [0.4, 0.5) is 0 Å². The molecule has 1 aromatic carbocycles. The summed E-state index contributed by atoms with van der Waals surface area (Å²) in [6.45, 7) is 3.53. The van der Waals surface area contributed by atoms with E-state index in [0.717, 1.165) is 25.9 Å². The smallest absolute Gasteiger partial charge is 0.257 e. The van der Waals surface area contributed by atoms with Crippen LogP contribution in [0.25, 0.3) is 0 Å². The number of nitrogens with zero attached hydrogens (tertiary/aromatic N) is 2. The summed E-state index contributed by atoms with van der Waals surface area (Å²) in [6.07, 6.45) is 4.48. The Bertz CT molecular complexity index is 744. The third kappa shape index (κ3) is 3.96. The second-order valence-electron chi connectivity index (χ2n) is 6.70. The minimum atomic E-state index is -3.87. The third-order valence-electron chi connectivity index (χ3n) is 5.07. The first-order chi connectivity index (χ1) is 11.9. The highest BCUT2D eigenvalue weighted by molar-refractivity contribution is 7.89. The van der Waals surface area contributed by atoms with Gasteiger partial charge in [-0.15, -0.1) is 0 Å². The zero-order valence-corrected chi connectivity index (χ0v) is 15.3. The highest BCUT2D eigenvalue weighted by Crippen LogP contribution is 2.26. The van der Waals surface area contributed by atoms with Gasteiger partial charge in [-0.05, 0) is 57.0 Å². The number of hydrogen-bond acceptors (Lipinski definition) is 5. The fourth-order valence-electron chi connectivity index (χ4n) is 3.75. The lowest BCUT2D eigenvalue weighted by molar-refractivity contribution is 0.0604. The van der Waals surface area contributed by atoms with E-state index in [0.29, 0.717) is 24.9 Å². The van der Waals surface area contributed by atoms with Crippen LogP contribution in [0.1, 0.15) is 36.0 Å². The number of likely N-dealkylation sites (tertiary alicyclic amines) is 2. The molecule has 0 aliphatic carbocycles. The molecule has 0 bridgehead atoms. The molecule has 2 heterocycles. The average molecular weight is 367 g/mol. The molecule has 2 aliphatic heterocycles. The van der Waals surface area contributed by atoms with Gasteiger partial charge in [-0.2, -0.15) is 0 Å². The summed E-state index contributed by atoms with van der Waals surface area (Å²) < 4.78 is 28.5. The van der Waals surface area contributed by atoms with E-state index in [2.05, 4.69) is 4.90 Å². The van der Waals surface area contributed by atoms with Gasteiger partial charge in [0.15, 0.2) is 0 Å². The predicted molar refractivity (Wildman–Crippen MR) is 94.1 cm³/mol. The first-order valence-corrected chi connectivity index (χ1v) is 10.2. The van der Waals surface area contributed by atoms with Gasteiger partial charge < -0.3 is 9.64 Å². The lowest BCUT2D eigenvalue weighted by atomic mass is 10.0. The van der Waals surface area contributed by atoms with Gasteiger partial charge >= 0.3 is 0 Å². The Labute approximate surface area is 148 Å². The maximum atomic E-state index is 13.0. The number of carbonyl (C=O) groups excluding carboxylic acids is 1. The summed E-state index contributed by atoms with van der Waals surface area (Å²) in [5, 5.41) is 5.20. The number of primary sulfonamides is 1. The lowest BCUT2D eigenvalue weighted by Crippen LogP contribution is -2.49. The van der Waals surface area contributed by atoms with Gasteiger partial charge in [0.1, 0.15) is 5.75 Å². The summed E-state index contributed by atoms with van der Waals surface area (Å²) in [7, 11) is -2.41. The van der Waals surface area contributed by atoms with Crippen molar-refractivity contribution >= 4 is 15.9 Å². The minimum Gasteiger partial charge on any atom is -0.496 e. The molecule has 0 unspecified atom stereocenters. The van der Waals surface area contributed by atoms with E-state index in [-0.39, 0.29) is 16.4 Å². The van der Waals surface area contributed by atoms with Crippen molar-refractivity contribution in [3.05, 3.63) is 23.8 Å². The molecule has 0 aromatic heterocycles. The van der Waals surface area contributed by atoms with E-state index in [1.165, 1.54) is 38.2 Å². The van der Waals surface area contributed by atoms with Crippen molar-refractivity contribution in [2.75, 3.05) is 33.3 Å². The van der Waals surface area contributed by atoms with Crippen molar-refractivity contribution in [2.45, 2.75) is 36.6 Å². The van der Waals surface area contributed by atoms with E-state index in [1.54, 1.807) is 4.90 Å². The standard InChI is InChI=1S/C17H25N3O4S/c1-24-16-7-6-14(25(18,22)23)11-15(16)17(21)20-10-4-5-13(12-20)19-8-2-3-9-19/h6-7,11,13H,2-5,8-10,12H2,1H3,(H2,18,22,23)/t13-/m1/s1. The van der Waals surface area contributed by atoms with Crippen molar-refractivity contribution in [3.63, 3.8) is 0 Å². The number of piperidine rings is 1. The number of benzene rings is 1. The van der Waals surface area contributed by atoms with Crippen LogP contribution in [-0.2, 0) is 10.0 Å². The molecule has 1 amide bonds. The van der Waals surface area contributed by atoms with E-state index in [1.807, 2.05) is 0 Å². The zero-order chi connectivity index (χ0) is 18.0. The molecule has 7 nitrogen and oxygen atoms in total. The Morgan fingerprint density at radius 1 is 1.20 bits per heavy atom. The van der Waals surface area contributed by atoms with Gasteiger partial charge in [0.05, 0.1) is 17.6 Å². The number of ether oxygens (including phenoxy) is 1. The SMILES string of the molecule is COc1ccc(S(N)(=O)=O)cc1C(=O)N1CCC[C@@H](N2CCCC2)C1. The third-order valence-corrected chi connectivity index (χ3v) is 5.98. The number of sulfonamides is 1. The summed E-state index contributed by atoms with van der Waals surface area (Å²) in [5.41, 5.74) is 0.246. The lowest BCUT2D eigenvalue weighted by Gasteiger charge is -2.37. The topological polar surface area (TPSA) is 92.9 Å². The second-order valence-corrected chi connectivity index (χ2v) is 8.26. The number of hydrogen-bond donors (Lipinski definition) is 1. The molecule has 25 heavy (non-hydrogen) atoms. The fourth-order valence-corrected chi connectivity index (χ4v) is 4.29. The van der Waals surface area contributed by atoms with Crippen LogP contribution in [0, 0.1) is 0 Å². The maximum absolute atomic E-state index is 13.0. The number of methoxy groups -OCH3 is 1. The molecular formula is C17H25N3O4S. The van der Waals surface area contributed by atoms with Gasteiger partial charge in [0.2, 0.25) is 10.0 Å². The summed E-state index contributed by atoms with van der Waals surface area (Å²) in [4.78, 5) is 17.2. The van der Waals surface area contributed by atoms with Crippen LogP contribution in [0.3, 0.4) is 0 Å². The van der Waals surface area contributed by atoms with E-state index in [4.69, 9.17) is 9.88 Å². The van der Waals surface area contributed by atoms with Crippen molar-refractivity contribution in [3.8, 4) is 5.75 Å². The van der Waals surface area contributed by atoms with Crippen molar-refractivity contribution in [2.24, 2.45) is 5.14 Å². The molecular weight excluding hydrogens is 342 g/mol. The normalized spacial score (nSPS) is 22.2. The van der Waals surface area contributed by atoms with Crippen LogP contribution >= 0.6 is 0 Å². The molecule has 1 atom stereocenters. The van der Waals surface area contributed by atoms with Gasteiger partial charge in [0, 0.05) is 19.1 Å². The Hall–Kier alpha value is -1.64. The van der Waals surface area contributed by atoms with Gasteiger partial charge in [-0.25, -0.2) is 13.6 Å². The highest BCUT2D eigenvalue weighted by atomic mass is 32.2. The molecule has 2 aliphatic rings. The fraction of sp³-hybridized carbons (Fsp3) is 0.588. The van der Waals surface area contributed by atoms with Crippen molar-refractivity contribution < 1.29 is 17.9 Å². The number of amides is 1. The van der Waals surface area contributed by atoms with Crippen LogP contribution in [0.5, 0.6) is 5.75 Å². The van der Waals surface area contributed by atoms with Crippen LogP contribution < -0.4 is 9.88 Å². The average Bonchev–Trinajstić information content (AvgIpc) is 3.14. The van der Waals surface area contributed by atoms with Crippen molar-refractivity contribution in [1.29, 1.82) is 0 Å². The number of carbonyl (C=O) groups is 1. The predicted octanol–water partition coefficient (Wildman–Crippen LogP) is 1.04. The molecule has 2 N–H and O–H groups in total. The largest absolute Gasteiger partial charge is 0.496 e. The van der Waals surface area contributed by atoms with E-state index in [9.17, 15) is 13.2 Å². The molecule has 0 radical (unpaired) electrons. The molecule has 0 spiro atoms. The van der Waals surface area contributed by atoms with Crippen LogP contribution in [0.15, 0.2) is 23.1 Å². The second kappa shape index (κ2) is 7.31. The minimum absolute atomic E-state index is 0.0789. The first-order valence-electron chi connectivity index (χ1n) is 8.64. The summed E-state index contributed by atoms with van der Waals surface area (Å²) in [6, 6.07) is 4.53. The molecule has 2 fully saturated rings. The summed E-state index contributed by atoms with van der Waals surface area (Å²) >= 11 is 0. The van der Waals surface area contributed by atoms with Gasteiger partial charge in [-0.1, -0.05) is 0 Å². The molecule has 138 valence electrons. The molecule has 8 heteroatoms. The van der Waals surface area contributed by atoms with Gasteiger partial charge in [-0.3, -0.25) is 9.69 Å². The zero-order valence-electron chi connectivity index (χ0n) is 14.5. The molecule has 0 saturated carbocycles. The Kier molecular flexibility index (Phi) is 5.31.